The highest BCUT2D eigenvalue weighted by Gasteiger charge is 2.33. The van der Waals surface area contributed by atoms with E-state index in [1.807, 2.05) is 26.8 Å². The van der Waals surface area contributed by atoms with Crippen LogP contribution in [0.3, 0.4) is 0 Å². The fourth-order valence-corrected chi connectivity index (χ4v) is 2.57. The summed E-state index contributed by atoms with van der Waals surface area (Å²) in [5.41, 5.74) is 2.04. The van der Waals surface area contributed by atoms with E-state index >= 15 is 0 Å². The number of hydrogen-bond acceptors (Lipinski definition) is 3. The SMILES string of the molecule is COc1cc(C)cc(CC2CN(C(=O)OC(C)(C)C)C2)c1. The van der Waals surface area contributed by atoms with Crippen molar-refractivity contribution in [1.29, 1.82) is 0 Å². The zero-order valence-corrected chi connectivity index (χ0v) is 13.6. The molecule has 4 heteroatoms. The molecule has 1 amide bonds. The Morgan fingerprint density at radius 1 is 1.29 bits per heavy atom. The number of hydrogen-bond donors (Lipinski definition) is 0. The average molecular weight is 291 g/mol. The quantitative estimate of drug-likeness (QED) is 0.856. The Morgan fingerprint density at radius 3 is 2.52 bits per heavy atom. The standard InChI is InChI=1S/C17H25NO3/c1-12-6-13(9-15(7-12)20-5)8-14-10-18(11-14)16(19)21-17(2,3)4/h6-7,9,14H,8,10-11H2,1-5H3. The number of methoxy groups -OCH3 is 1. The lowest BCUT2D eigenvalue weighted by atomic mass is 9.92. The number of carbonyl (C=O) groups excluding carboxylic acids is 1. The Hall–Kier alpha value is -1.71. The topological polar surface area (TPSA) is 38.8 Å². The number of ether oxygens (including phenoxy) is 2. The number of nitrogens with zero attached hydrogens (tertiary/aromatic N) is 1. The van der Waals surface area contributed by atoms with Gasteiger partial charge in [-0.25, -0.2) is 4.79 Å². The summed E-state index contributed by atoms with van der Waals surface area (Å²) in [5, 5.41) is 0. The van der Waals surface area contributed by atoms with Crippen molar-refractivity contribution < 1.29 is 14.3 Å². The molecule has 1 saturated heterocycles. The highest BCUT2D eigenvalue weighted by atomic mass is 16.6. The van der Waals surface area contributed by atoms with E-state index in [9.17, 15) is 4.79 Å². The van der Waals surface area contributed by atoms with E-state index in [2.05, 4.69) is 19.1 Å². The molecule has 0 aromatic heterocycles. The first-order valence-corrected chi connectivity index (χ1v) is 7.39. The smallest absolute Gasteiger partial charge is 0.410 e. The molecule has 1 aliphatic rings. The third-order valence-corrected chi connectivity index (χ3v) is 3.48. The molecule has 1 aromatic rings. The van der Waals surface area contributed by atoms with Gasteiger partial charge in [-0.3, -0.25) is 0 Å². The lowest BCUT2D eigenvalue weighted by molar-refractivity contribution is -0.000888. The minimum Gasteiger partial charge on any atom is -0.497 e. The minimum absolute atomic E-state index is 0.208. The van der Waals surface area contributed by atoms with E-state index in [0.29, 0.717) is 5.92 Å². The number of rotatable bonds is 3. The predicted octanol–water partition coefficient (Wildman–Crippen LogP) is 3.41. The third kappa shape index (κ3) is 4.38. The summed E-state index contributed by atoms with van der Waals surface area (Å²) in [6.07, 6.45) is 0.762. The maximum Gasteiger partial charge on any atom is 0.410 e. The summed E-state index contributed by atoms with van der Waals surface area (Å²) >= 11 is 0. The van der Waals surface area contributed by atoms with Crippen LogP contribution in [-0.4, -0.2) is 36.8 Å². The largest absolute Gasteiger partial charge is 0.497 e. The maximum absolute atomic E-state index is 11.9. The van der Waals surface area contributed by atoms with Gasteiger partial charge in [-0.1, -0.05) is 6.07 Å². The number of benzene rings is 1. The molecule has 1 aromatic carbocycles. The van der Waals surface area contributed by atoms with E-state index in [-0.39, 0.29) is 6.09 Å². The van der Waals surface area contributed by atoms with Gasteiger partial charge in [0.25, 0.3) is 0 Å². The van der Waals surface area contributed by atoms with E-state index in [1.54, 1.807) is 12.0 Å². The monoisotopic (exact) mass is 291 g/mol. The van der Waals surface area contributed by atoms with Gasteiger partial charge in [0, 0.05) is 13.1 Å². The van der Waals surface area contributed by atoms with Crippen LogP contribution in [0.1, 0.15) is 31.9 Å². The maximum atomic E-state index is 11.9. The van der Waals surface area contributed by atoms with Crippen LogP contribution in [0.2, 0.25) is 0 Å². The molecule has 4 nitrogen and oxygen atoms in total. The van der Waals surface area contributed by atoms with Gasteiger partial charge >= 0.3 is 6.09 Å². The molecule has 116 valence electrons. The Kier molecular flexibility index (Phi) is 4.45. The molecule has 0 atom stereocenters. The van der Waals surface area contributed by atoms with Gasteiger partial charge in [0.05, 0.1) is 7.11 Å². The van der Waals surface area contributed by atoms with Crippen molar-refractivity contribution in [2.75, 3.05) is 20.2 Å². The van der Waals surface area contributed by atoms with Gasteiger partial charge in [0.1, 0.15) is 11.4 Å². The van der Waals surface area contributed by atoms with Gasteiger partial charge in [-0.05, 0) is 63.3 Å². The highest BCUT2D eigenvalue weighted by molar-refractivity contribution is 5.69. The minimum atomic E-state index is -0.425. The van der Waals surface area contributed by atoms with Crippen molar-refractivity contribution in [2.24, 2.45) is 5.92 Å². The van der Waals surface area contributed by atoms with Crippen molar-refractivity contribution >= 4 is 6.09 Å². The number of carbonyl (C=O) groups is 1. The van der Waals surface area contributed by atoms with Gasteiger partial charge in [0.15, 0.2) is 0 Å². The zero-order valence-electron chi connectivity index (χ0n) is 13.6. The van der Waals surface area contributed by atoms with Crippen molar-refractivity contribution in [3.05, 3.63) is 29.3 Å². The van der Waals surface area contributed by atoms with E-state index in [1.165, 1.54) is 11.1 Å². The van der Waals surface area contributed by atoms with Crippen molar-refractivity contribution in [3.8, 4) is 5.75 Å². The number of likely N-dealkylation sites (tertiary alicyclic amines) is 1. The lowest BCUT2D eigenvalue weighted by Crippen LogP contribution is -2.52. The normalized spacial score (nSPS) is 15.6. The molecule has 21 heavy (non-hydrogen) atoms. The van der Waals surface area contributed by atoms with E-state index in [0.717, 1.165) is 25.3 Å². The fraction of sp³-hybridized carbons (Fsp3) is 0.588. The van der Waals surface area contributed by atoms with Crippen molar-refractivity contribution in [1.82, 2.24) is 4.90 Å². The molecule has 0 unspecified atom stereocenters. The molecule has 1 heterocycles. The first-order chi connectivity index (χ1) is 9.76. The zero-order chi connectivity index (χ0) is 15.6. The highest BCUT2D eigenvalue weighted by Crippen LogP contribution is 2.25. The van der Waals surface area contributed by atoms with Crippen LogP contribution in [-0.2, 0) is 11.2 Å². The Labute approximate surface area is 127 Å². The van der Waals surface area contributed by atoms with Crippen molar-refractivity contribution in [2.45, 2.75) is 39.7 Å². The first-order valence-electron chi connectivity index (χ1n) is 7.39. The predicted molar refractivity (Wildman–Crippen MR) is 82.7 cm³/mol. The van der Waals surface area contributed by atoms with Gasteiger partial charge in [-0.2, -0.15) is 0 Å². The molecule has 1 aliphatic heterocycles. The van der Waals surface area contributed by atoms with Crippen LogP contribution in [0.5, 0.6) is 5.75 Å². The second-order valence-electron chi connectivity index (χ2n) is 6.81. The molecule has 0 saturated carbocycles. The number of amides is 1. The van der Waals surface area contributed by atoms with E-state index < -0.39 is 5.60 Å². The second kappa shape index (κ2) is 5.96. The summed E-state index contributed by atoms with van der Waals surface area (Å²) < 4.78 is 10.7. The summed E-state index contributed by atoms with van der Waals surface area (Å²) in [6, 6.07) is 6.28. The molecule has 0 spiro atoms. The average Bonchev–Trinajstić information content (AvgIpc) is 2.30. The summed E-state index contributed by atoms with van der Waals surface area (Å²) in [7, 11) is 1.69. The van der Waals surface area contributed by atoms with Crippen molar-refractivity contribution in [3.63, 3.8) is 0 Å². The Bertz CT molecular complexity index is 513. The van der Waals surface area contributed by atoms with Gasteiger partial charge in [0.2, 0.25) is 0 Å². The van der Waals surface area contributed by atoms with Crippen LogP contribution in [0, 0.1) is 12.8 Å². The molecule has 0 bridgehead atoms. The Morgan fingerprint density at radius 2 is 1.95 bits per heavy atom. The van der Waals surface area contributed by atoms with Crippen LogP contribution >= 0.6 is 0 Å². The van der Waals surface area contributed by atoms with Crippen LogP contribution in [0.4, 0.5) is 4.79 Å². The fourth-order valence-electron chi connectivity index (χ4n) is 2.57. The molecule has 0 N–H and O–H groups in total. The first kappa shape index (κ1) is 15.7. The van der Waals surface area contributed by atoms with Gasteiger partial charge < -0.3 is 14.4 Å². The summed E-state index contributed by atoms with van der Waals surface area (Å²) in [6.45, 7) is 9.28. The Balaban J connectivity index is 1.85. The van der Waals surface area contributed by atoms with Crippen LogP contribution in [0.15, 0.2) is 18.2 Å². The molecular weight excluding hydrogens is 266 g/mol. The second-order valence-corrected chi connectivity index (χ2v) is 6.81. The van der Waals surface area contributed by atoms with Crippen LogP contribution in [0.25, 0.3) is 0 Å². The number of aryl methyl sites for hydroxylation is 1. The summed E-state index contributed by atoms with van der Waals surface area (Å²) in [5.74, 6) is 1.40. The lowest BCUT2D eigenvalue weighted by Gasteiger charge is -2.40. The molecule has 0 aliphatic carbocycles. The molecule has 0 radical (unpaired) electrons. The van der Waals surface area contributed by atoms with Gasteiger partial charge in [-0.15, -0.1) is 0 Å². The molecular formula is C17H25NO3. The van der Waals surface area contributed by atoms with E-state index in [4.69, 9.17) is 9.47 Å². The van der Waals surface area contributed by atoms with Crippen LogP contribution < -0.4 is 4.74 Å². The third-order valence-electron chi connectivity index (χ3n) is 3.48. The molecule has 1 fully saturated rings. The summed E-state index contributed by atoms with van der Waals surface area (Å²) in [4.78, 5) is 13.6. The molecule has 2 rings (SSSR count).